The van der Waals surface area contributed by atoms with Crippen LogP contribution >= 0.6 is 0 Å². The molecule has 0 aliphatic carbocycles. The van der Waals surface area contributed by atoms with Crippen molar-refractivity contribution in [3.8, 4) is 0 Å². The number of benzene rings is 1. The van der Waals surface area contributed by atoms with E-state index < -0.39 is 18.8 Å². The number of hydrogen-bond acceptors (Lipinski definition) is 3. The molecule has 0 saturated carbocycles. The summed E-state index contributed by atoms with van der Waals surface area (Å²) in [6, 6.07) is 8.85. The lowest BCUT2D eigenvalue weighted by Crippen LogP contribution is -2.43. The summed E-state index contributed by atoms with van der Waals surface area (Å²) in [4.78, 5) is 11.7. The fourth-order valence-corrected chi connectivity index (χ4v) is 1.51. The molecule has 0 aromatic heterocycles. The first-order valence-electron chi connectivity index (χ1n) is 6.29. The first kappa shape index (κ1) is 15.6. The van der Waals surface area contributed by atoms with E-state index in [1.165, 1.54) is 0 Å². The highest BCUT2D eigenvalue weighted by Gasteiger charge is 2.18. The molecule has 1 atom stereocenters. The zero-order valence-corrected chi connectivity index (χ0v) is 11.5. The van der Waals surface area contributed by atoms with E-state index in [1.54, 1.807) is 14.1 Å². The molecule has 0 unspecified atom stereocenters. The van der Waals surface area contributed by atoms with Gasteiger partial charge in [0.05, 0.1) is 14.1 Å². The quantitative estimate of drug-likeness (QED) is 0.458. The second kappa shape index (κ2) is 7.21. The molecule has 0 fully saturated rings. The number of esters is 1. The van der Waals surface area contributed by atoms with Crippen LogP contribution in [-0.4, -0.2) is 50.5 Å². The average molecular weight is 269 g/mol. The van der Waals surface area contributed by atoms with Crippen molar-refractivity contribution in [2.45, 2.75) is 12.5 Å². The van der Waals surface area contributed by atoms with Gasteiger partial charge in [0.25, 0.3) is 0 Å². The van der Waals surface area contributed by atoms with E-state index in [9.17, 15) is 9.18 Å². The molecule has 5 heteroatoms. The molecule has 0 radical (unpaired) electrons. The van der Waals surface area contributed by atoms with Crippen molar-refractivity contribution in [3.63, 3.8) is 0 Å². The van der Waals surface area contributed by atoms with Gasteiger partial charge in [-0.25, -0.2) is 0 Å². The second-order valence-electron chi connectivity index (χ2n) is 5.24. The van der Waals surface area contributed by atoms with Gasteiger partial charge in [0.15, 0.2) is 0 Å². The van der Waals surface area contributed by atoms with Crippen molar-refractivity contribution in [2.24, 2.45) is 5.73 Å². The molecule has 1 aromatic carbocycles. The van der Waals surface area contributed by atoms with E-state index in [4.69, 9.17) is 10.5 Å². The minimum Gasteiger partial charge on any atom is -0.459 e. The van der Waals surface area contributed by atoms with Crippen molar-refractivity contribution in [1.82, 2.24) is 0 Å². The fraction of sp³-hybridized carbons (Fsp3) is 0.500. The number of ether oxygens (including phenoxy) is 1. The van der Waals surface area contributed by atoms with Crippen LogP contribution in [0.5, 0.6) is 0 Å². The smallest absolute Gasteiger partial charge is 0.323 e. The Hall–Kier alpha value is -1.46. The molecule has 0 aliphatic heterocycles. The van der Waals surface area contributed by atoms with Crippen molar-refractivity contribution >= 4 is 5.97 Å². The van der Waals surface area contributed by atoms with Crippen LogP contribution < -0.4 is 5.73 Å². The third-order valence-electron chi connectivity index (χ3n) is 2.87. The number of nitrogens with two attached hydrogens (primary N) is 1. The summed E-state index contributed by atoms with van der Waals surface area (Å²) in [7, 11) is 3.47. The highest BCUT2D eigenvalue weighted by atomic mass is 19.1. The standard InChI is InChI=1S/C14H22FN2O2/c1-17(2,11-15)8-9-19-14(18)13(16)10-12-6-4-3-5-7-12/h3-7,13H,8-11,16H2,1-2H3/q+1/t13-/m0/s1. The van der Waals surface area contributed by atoms with Gasteiger partial charge in [0, 0.05) is 0 Å². The summed E-state index contributed by atoms with van der Waals surface area (Å²) in [5.74, 6) is -0.442. The topological polar surface area (TPSA) is 52.3 Å². The SMILES string of the molecule is C[N+](C)(CF)CCOC(=O)[C@@H](N)Cc1ccccc1. The number of alkyl halides is 1. The third-order valence-corrected chi connectivity index (χ3v) is 2.87. The molecule has 0 heterocycles. The van der Waals surface area contributed by atoms with E-state index in [-0.39, 0.29) is 11.1 Å². The first-order valence-corrected chi connectivity index (χ1v) is 6.29. The monoisotopic (exact) mass is 269 g/mol. The molecule has 4 nitrogen and oxygen atoms in total. The van der Waals surface area contributed by atoms with Gasteiger partial charge in [-0.1, -0.05) is 30.3 Å². The van der Waals surface area contributed by atoms with Gasteiger partial charge >= 0.3 is 5.97 Å². The van der Waals surface area contributed by atoms with Gasteiger partial charge in [0.2, 0.25) is 6.80 Å². The van der Waals surface area contributed by atoms with Gasteiger partial charge in [-0.15, -0.1) is 0 Å². The molecular formula is C14H22FN2O2+. The summed E-state index contributed by atoms with van der Waals surface area (Å²) >= 11 is 0. The predicted octanol–water partition coefficient (Wildman–Crippen LogP) is 1.10. The molecule has 0 saturated heterocycles. The average Bonchev–Trinajstić information content (AvgIpc) is 2.39. The number of hydrogen-bond donors (Lipinski definition) is 1. The van der Waals surface area contributed by atoms with E-state index in [0.717, 1.165) is 5.56 Å². The van der Waals surface area contributed by atoms with Gasteiger partial charge in [-0.3, -0.25) is 9.28 Å². The maximum atomic E-state index is 12.5. The summed E-state index contributed by atoms with van der Waals surface area (Å²) in [5, 5.41) is 0. The minimum absolute atomic E-state index is 0.168. The Kier molecular flexibility index (Phi) is 5.92. The Labute approximate surface area is 113 Å². The first-order chi connectivity index (χ1) is 8.94. The lowest BCUT2D eigenvalue weighted by molar-refractivity contribution is -0.902. The number of carbonyl (C=O) groups is 1. The number of halogens is 1. The zero-order chi connectivity index (χ0) is 14.3. The van der Waals surface area contributed by atoms with Crippen LogP contribution in [0.2, 0.25) is 0 Å². The largest absolute Gasteiger partial charge is 0.459 e. The number of likely N-dealkylation sites (N-methyl/N-ethyl adjacent to an activating group) is 1. The number of nitrogens with zero attached hydrogens (tertiary/aromatic N) is 1. The van der Waals surface area contributed by atoms with E-state index in [2.05, 4.69) is 0 Å². The maximum absolute atomic E-state index is 12.5. The van der Waals surface area contributed by atoms with Gasteiger partial charge in [0.1, 0.15) is 19.2 Å². The molecule has 0 spiro atoms. The molecule has 2 N–H and O–H groups in total. The number of quaternary nitrogens is 1. The Bertz CT molecular complexity index is 396. The van der Waals surface area contributed by atoms with Crippen LogP contribution in [0.3, 0.4) is 0 Å². The lowest BCUT2D eigenvalue weighted by Gasteiger charge is -2.25. The molecule has 106 valence electrons. The van der Waals surface area contributed by atoms with E-state index in [0.29, 0.717) is 13.0 Å². The van der Waals surface area contributed by atoms with Crippen LogP contribution in [0.1, 0.15) is 5.56 Å². The summed E-state index contributed by atoms with van der Waals surface area (Å²) in [6.07, 6.45) is 0.445. The van der Waals surface area contributed by atoms with Crippen molar-refractivity contribution in [2.75, 3.05) is 34.0 Å². The molecule has 1 aromatic rings. The normalized spacial score (nSPS) is 13.1. The molecule has 0 aliphatic rings. The van der Waals surface area contributed by atoms with Crippen LogP contribution in [-0.2, 0) is 16.0 Å². The van der Waals surface area contributed by atoms with Gasteiger partial charge < -0.3 is 10.5 Å². The van der Waals surface area contributed by atoms with E-state index >= 15 is 0 Å². The van der Waals surface area contributed by atoms with Crippen molar-refractivity contribution in [1.29, 1.82) is 0 Å². The maximum Gasteiger partial charge on any atom is 0.323 e. The predicted molar refractivity (Wildman–Crippen MR) is 72.0 cm³/mol. The van der Waals surface area contributed by atoms with Crippen LogP contribution in [0.15, 0.2) is 30.3 Å². The number of rotatable bonds is 7. The second-order valence-corrected chi connectivity index (χ2v) is 5.24. The third kappa shape index (κ3) is 5.81. The minimum atomic E-state index is -0.677. The summed E-state index contributed by atoms with van der Waals surface area (Å²) < 4.78 is 17.8. The summed E-state index contributed by atoms with van der Waals surface area (Å²) in [5.41, 5.74) is 6.77. The molecule has 0 bridgehead atoms. The van der Waals surface area contributed by atoms with Crippen LogP contribution in [0, 0.1) is 0 Å². The Morgan fingerprint density at radius 3 is 2.58 bits per heavy atom. The van der Waals surface area contributed by atoms with Crippen molar-refractivity contribution < 1.29 is 18.4 Å². The summed E-state index contributed by atoms with van der Waals surface area (Å²) in [6.45, 7) is 0.117. The molecule has 1 rings (SSSR count). The van der Waals surface area contributed by atoms with Gasteiger partial charge in [-0.2, -0.15) is 4.39 Å². The van der Waals surface area contributed by atoms with Crippen LogP contribution in [0.4, 0.5) is 4.39 Å². The highest BCUT2D eigenvalue weighted by molar-refractivity contribution is 5.75. The Morgan fingerprint density at radius 1 is 1.37 bits per heavy atom. The molecule has 0 amide bonds. The zero-order valence-electron chi connectivity index (χ0n) is 11.5. The lowest BCUT2D eigenvalue weighted by atomic mass is 10.1. The number of carbonyl (C=O) groups excluding carboxylic acids is 1. The molecular weight excluding hydrogens is 247 g/mol. The van der Waals surface area contributed by atoms with Crippen LogP contribution in [0.25, 0.3) is 0 Å². The Morgan fingerprint density at radius 2 is 2.00 bits per heavy atom. The highest BCUT2D eigenvalue weighted by Crippen LogP contribution is 2.03. The van der Waals surface area contributed by atoms with E-state index in [1.807, 2.05) is 30.3 Å². The fourth-order valence-electron chi connectivity index (χ4n) is 1.51. The molecule has 19 heavy (non-hydrogen) atoms. The van der Waals surface area contributed by atoms with Gasteiger partial charge in [-0.05, 0) is 12.0 Å². The Balaban J connectivity index is 2.33. The van der Waals surface area contributed by atoms with Crippen molar-refractivity contribution in [3.05, 3.63) is 35.9 Å².